The number of rotatable bonds is 1. The van der Waals surface area contributed by atoms with Crippen LogP contribution in [0.15, 0.2) is 16.6 Å². The van der Waals surface area contributed by atoms with Crippen molar-refractivity contribution in [1.29, 1.82) is 0 Å². The maximum Gasteiger partial charge on any atom is 0.184 e. The van der Waals surface area contributed by atoms with Crippen molar-refractivity contribution in [2.75, 3.05) is 0 Å². The lowest BCUT2D eigenvalue weighted by Gasteiger charge is -1.90. The van der Waals surface area contributed by atoms with E-state index >= 15 is 0 Å². The number of halogens is 1. The quantitative estimate of drug-likeness (QED) is 0.283. The van der Waals surface area contributed by atoms with Crippen molar-refractivity contribution in [2.24, 2.45) is 5.16 Å². The summed E-state index contributed by atoms with van der Waals surface area (Å²) < 4.78 is 0. The van der Waals surface area contributed by atoms with Crippen LogP contribution in [0.5, 0.6) is 0 Å². The number of oxime groups is 1. The molecule has 2 nitrogen and oxygen atoms in total. The second kappa shape index (κ2) is 3.08. The van der Waals surface area contributed by atoms with Crippen molar-refractivity contribution in [3.8, 4) is 0 Å². The molecule has 0 aliphatic carbocycles. The van der Waals surface area contributed by atoms with Crippen molar-refractivity contribution in [3.63, 3.8) is 0 Å². The molecule has 0 radical (unpaired) electrons. The third kappa shape index (κ3) is 1.33. The average Bonchev–Trinajstić information content (AvgIpc) is 2.34. The van der Waals surface area contributed by atoms with Gasteiger partial charge in [-0.25, -0.2) is 0 Å². The Morgan fingerprint density at radius 2 is 2.50 bits per heavy atom. The van der Waals surface area contributed by atoms with E-state index in [1.54, 1.807) is 0 Å². The summed E-state index contributed by atoms with van der Waals surface area (Å²) in [6.07, 6.45) is 0. The van der Waals surface area contributed by atoms with Crippen molar-refractivity contribution in [2.45, 2.75) is 0 Å². The van der Waals surface area contributed by atoms with Crippen LogP contribution in [0.4, 0.5) is 0 Å². The fourth-order valence-corrected chi connectivity index (χ4v) is 1.71. The molecule has 0 unspecified atom stereocenters. The number of thiophene rings is 1. The lowest BCUT2D eigenvalue weighted by Crippen LogP contribution is -2.07. The van der Waals surface area contributed by atoms with Crippen LogP contribution in [0.2, 0.25) is 0 Å². The molecule has 5 heteroatoms. The van der Waals surface area contributed by atoms with E-state index in [1.807, 2.05) is 19.3 Å². The molecule has 1 heterocycles. The van der Waals surface area contributed by atoms with E-state index in [4.69, 9.17) is 16.8 Å². The summed E-state index contributed by atoms with van der Waals surface area (Å²) in [5.41, 5.74) is 1.04. The molecule has 0 fully saturated rings. The molecule has 0 atom stereocenters. The summed E-state index contributed by atoms with van der Waals surface area (Å²) in [5.74, 6) is 0. The molecule has 0 amide bonds. The van der Waals surface area contributed by atoms with Gasteiger partial charge in [0.1, 0.15) is 7.85 Å². The maximum atomic E-state index is 8.29. The monoisotopic (exact) mass is 173 g/mol. The van der Waals surface area contributed by atoms with Crippen molar-refractivity contribution < 1.29 is 5.21 Å². The smallest absolute Gasteiger partial charge is 0.184 e. The van der Waals surface area contributed by atoms with Crippen LogP contribution in [0, 0.1) is 0 Å². The summed E-state index contributed by atoms with van der Waals surface area (Å²) in [6.45, 7) is 0. The Labute approximate surface area is 68.5 Å². The Hall–Kier alpha value is -0.475. The van der Waals surface area contributed by atoms with Crippen LogP contribution in [-0.2, 0) is 0 Å². The lowest BCUT2D eigenvalue weighted by molar-refractivity contribution is 0.321. The Balaban J connectivity index is 3.05. The van der Waals surface area contributed by atoms with Crippen LogP contribution >= 0.6 is 22.9 Å². The summed E-state index contributed by atoms with van der Waals surface area (Å²) in [5, 5.41) is 13.2. The van der Waals surface area contributed by atoms with E-state index in [9.17, 15) is 0 Å². The van der Waals surface area contributed by atoms with Gasteiger partial charge in [-0.05, 0) is 5.38 Å². The Morgan fingerprint density at radius 3 is 2.90 bits per heavy atom. The summed E-state index contributed by atoms with van der Waals surface area (Å²) in [6, 6.07) is 1.92. The van der Waals surface area contributed by atoms with Crippen LogP contribution in [0.25, 0.3) is 0 Å². The van der Waals surface area contributed by atoms with Gasteiger partial charge in [0.05, 0.1) is 4.88 Å². The van der Waals surface area contributed by atoms with Gasteiger partial charge in [-0.1, -0.05) is 28.3 Å². The summed E-state index contributed by atoms with van der Waals surface area (Å²) in [7, 11) is 1.92. The minimum Gasteiger partial charge on any atom is -0.410 e. The molecular formula is C5H5BClNOS. The highest BCUT2D eigenvalue weighted by atomic mass is 35.5. The maximum absolute atomic E-state index is 8.29. The normalized spacial score (nSPS) is 11.9. The fraction of sp³-hybridized carbons (Fsp3) is 0. The van der Waals surface area contributed by atoms with E-state index in [-0.39, 0.29) is 5.17 Å². The third-order valence-electron chi connectivity index (χ3n) is 1.14. The molecule has 52 valence electrons. The van der Waals surface area contributed by atoms with E-state index < -0.39 is 0 Å². The van der Waals surface area contributed by atoms with Gasteiger partial charge in [0.25, 0.3) is 0 Å². The van der Waals surface area contributed by atoms with Gasteiger partial charge in [-0.3, -0.25) is 0 Å². The van der Waals surface area contributed by atoms with Crippen LogP contribution in [-0.4, -0.2) is 18.2 Å². The molecule has 1 rings (SSSR count). The van der Waals surface area contributed by atoms with Crippen LogP contribution in [0.1, 0.15) is 4.88 Å². The van der Waals surface area contributed by atoms with Gasteiger partial charge in [0, 0.05) is 0 Å². The van der Waals surface area contributed by atoms with Crippen LogP contribution < -0.4 is 5.46 Å². The van der Waals surface area contributed by atoms with Gasteiger partial charge >= 0.3 is 0 Å². The van der Waals surface area contributed by atoms with Gasteiger partial charge in [-0.2, -0.15) is 0 Å². The topological polar surface area (TPSA) is 32.6 Å². The molecule has 0 spiro atoms. The van der Waals surface area contributed by atoms with Gasteiger partial charge in [0.15, 0.2) is 5.17 Å². The Morgan fingerprint density at radius 1 is 1.80 bits per heavy atom. The first-order valence-electron chi connectivity index (χ1n) is 2.67. The molecule has 0 saturated carbocycles. The Kier molecular flexibility index (Phi) is 2.35. The largest absolute Gasteiger partial charge is 0.410 e. The highest BCUT2D eigenvalue weighted by Gasteiger charge is 2.04. The minimum absolute atomic E-state index is 0.160. The first-order chi connectivity index (χ1) is 4.75. The number of hydrogen-bond acceptors (Lipinski definition) is 3. The Bertz CT molecular complexity index is 260. The zero-order valence-electron chi connectivity index (χ0n) is 5.34. The van der Waals surface area contributed by atoms with Crippen LogP contribution in [0.3, 0.4) is 0 Å². The molecule has 1 aromatic rings. The number of hydrogen-bond donors (Lipinski definition) is 1. The summed E-state index contributed by atoms with van der Waals surface area (Å²) in [4.78, 5) is 0.823. The van der Waals surface area contributed by atoms with E-state index in [2.05, 4.69) is 5.16 Å². The zero-order chi connectivity index (χ0) is 7.56. The second-order valence-electron chi connectivity index (χ2n) is 1.82. The van der Waals surface area contributed by atoms with E-state index in [0.717, 1.165) is 10.3 Å². The highest BCUT2D eigenvalue weighted by Crippen LogP contribution is 2.08. The highest BCUT2D eigenvalue weighted by molar-refractivity contribution is 7.15. The molecule has 0 aromatic carbocycles. The van der Waals surface area contributed by atoms with E-state index in [1.165, 1.54) is 11.3 Å². The molecule has 0 aliphatic rings. The molecule has 1 N–H and O–H groups in total. The SMILES string of the molecule is Bc1ccsc1/C(Cl)=N/O. The second-order valence-corrected chi connectivity index (χ2v) is 3.10. The van der Waals surface area contributed by atoms with E-state index in [0.29, 0.717) is 0 Å². The zero-order valence-corrected chi connectivity index (χ0v) is 6.91. The molecule has 10 heavy (non-hydrogen) atoms. The summed E-state index contributed by atoms with van der Waals surface area (Å²) >= 11 is 7.01. The number of nitrogens with zero attached hydrogens (tertiary/aromatic N) is 1. The first kappa shape index (κ1) is 7.63. The third-order valence-corrected chi connectivity index (χ3v) is 2.54. The van der Waals surface area contributed by atoms with Gasteiger partial charge < -0.3 is 5.21 Å². The minimum atomic E-state index is 0.160. The standard InChI is InChI=1S/C5H5BClNOS/c6-3-1-2-10-4(3)5(7)8-9/h1-2,9H,6H2/b8-5-. The first-order valence-corrected chi connectivity index (χ1v) is 3.93. The van der Waals surface area contributed by atoms with Gasteiger partial charge in [-0.15, -0.1) is 11.3 Å². The lowest BCUT2D eigenvalue weighted by atomic mass is 9.98. The molecule has 0 aliphatic heterocycles. The predicted octanol–water partition coefficient (Wildman–Crippen LogP) is 0.381. The molecular weight excluding hydrogens is 168 g/mol. The van der Waals surface area contributed by atoms with Gasteiger partial charge in [0.2, 0.25) is 0 Å². The average molecular weight is 173 g/mol. The fourth-order valence-electron chi connectivity index (χ4n) is 0.629. The van der Waals surface area contributed by atoms with Crippen molar-refractivity contribution >= 4 is 41.4 Å². The van der Waals surface area contributed by atoms with Crippen molar-refractivity contribution in [3.05, 3.63) is 16.3 Å². The molecule has 0 saturated heterocycles. The molecule has 1 aromatic heterocycles. The van der Waals surface area contributed by atoms with Crippen molar-refractivity contribution in [1.82, 2.24) is 0 Å². The molecule has 0 bridgehead atoms. The predicted molar refractivity (Wildman–Crippen MR) is 46.7 cm³/mol.